The van der Waals surface area contributed by atoms with Gasteiger partial charge in [0.05, 0.1) is 0 Å². The van der Waals surface area contributed by atoms with Crippen LogP contribution in [0, 0.1) is 0 Å². The number of hydrogen-bond acceptors (Lipinski definition) is 3. The molecule has 110 valence electrons. The quantitative estimate of drug-likeness (QED) is 0.840. The van der Waals surface area contributed by atoms with Crippen molar-refractivity contribution in [1.82, 2.24) is 13.9 Å². The van der Waals surface area contributed by atoms with E-state index in [-0.39, 0.29) is 6.04 Å². The van der Waals surface area contributed by atoms with Crippen LogP contribution in [-0.4, -0.2) is 55.3 Å². The topological polar surface area (TPSA) is 52.7 Å². The normalized spacial score (nSPS) is 34.0. The molecule has 1 saturated carbocycles. The van der Waals surface area contributed by atoms with Crippen LogP contribution in [0.2, 0.25) is 0 Å². The fourth-order valence-electron chi connectivity index (χ4n) is 3.66. The number of hydrogen-bond donors (Lipinski definition) is 1. The van der Waals surface area contributed by atoms with Crippen molar-refractivity contribution < 1.29 is 8.42 Å². The minimum absolute atomic E-state index is 0.273. The highest BCUT2D eigenvalue weighted by molar-refractivity contribution is 7.87. The monoisotopic (exact) mass is 287 g/mol. The van der Waals surface area contributed by atoms with E-state index in [0.717, 1.165) is 25.8 Å². The summed E-state index contributed by atoms with van der Waals surface area (Å²) in [4.78, 5) is 0. The van der Waals surface area contributed by atoms with E-state index in [0.29, 0.717) is 25.7 Å². The van der Waals surface area contributed by atoms with Gasteiger partial charge in [-0.25, -0.2) is 0 Å². The molecule has 2 heterocycles. The Labute approximate surface area is 116 Å². The summed E-state index contributed by atoms with van der Waals surface area (Å²) in [7, 11) is -3.18. The van der Waals surface area contributed by atoms with E-state index < -0.39 is 10.2 Å². The van der Waals surface area contributed by atoms with E-state index >= 15 is 0 Å². The fourth-order valence-corrected chi connectivity index (χ4v) is 5.54. The Bertz CT molecular complexity index is 400. The van der Waals surface area contributed by atoms with Crippen molar-refractivity contribution in [2.45, 2.75) is 57.0 Å². The van der Waals surface area contributed by atoms with Gasteiger partial charge in [-0.3, -0.25) is 0 Å². The summed E-state index contributed by atoms with van der Waals surface area (Å²) in [5.41, 5.74) is 0. The molecule has 1 atom stereocenters. The summed E-state index contributed by atoms with van der Waals surface area (Å²) in [6.45, 7) is 3.06. The van der Waals surface area contributed by atoms with Crippen molar-refractivity contribution in [1.29, 1.82) is 0 Å². The van der Waals surface area contributed by atoms with Crippen LogP contribution < -0.4 is 5.32 Å². The van der Waals surface area contributed by atoms with Crippen molar-refractivity contribution in [3.8, 4) is 0 Å². The second kappa shape index (κ2) is 5.68. The number of rotatable bonds is 3. The molecule has 0 amide bonds. The second-order valence-corrected chi connectivity index (χ2v) is 7.94. The molecule has 19 heavy (non-hydrogen) atoms. The Morgan fingerprint density at radius 3 is 2.42 bits per heavy atom. The molecule has 3 aliphatic rings. The van der Waals surface area contributed by atoms with Gasteiger partial charge in [-0.1, -0.05) is 19.3 Å². The third-order valence-corrected chi connectivity index (χ3v) is 6.82. The fraction of sp³-hybridized carbons (Fsp3) is 1.00. The lowest BCUT2D eigenvalue weighted by atomic mass is 10.1. The van der Waals surface area contributed by atoms with E-state index in [2.05, 4.69) is 5.32 Å². The molecule has 1 aliphatic carbocycles. The van der Waals surface area contributed by atoms with Crippen LogP contribution >= 0.6 is 0 Å². The van der Waals surface area contributed by atoms with Crippen LogP contribution in [0.1, 0.15) is 44.9 Å². The molecular formula is C13H25N3O2S. The van der Waals surface area contributed by atoms with Crippen LogP contribution in [-0.2, 0) is 10.2 Å². The Balaban J connectivity index is 1.63. The number of piperidine rings is 1. The third-order valence-electron chi connectivity index (χ3n) is 4.76. The first-order chi connectivity index (χ1) is 9.18. The van der Waals surface area contributed by atoms with E-state index in [1.165, 1.54) is 25.7 Å². The molecule has 3 fully saturated rings. The van der Waals surface area contributed by atoms with Crippen molar-refractivity contribution in [3.05, 3.63) is 0 Å². The molecule has 0 bridgehead atoms. The van der Waals surface area contributed by atoms with Crippen molar-refractivity contribution >= 4 is 10.2 Å². The van der Waals surface area contributed by atoms with Gasteiger partial charge in [0.15, 0.2) is 0 Å². The summed E-state index contributed by atoms with van der Waals surface area (Å²) in [5, 5.41) is 3.44. The molecule has 0 aromatic carbocycles. The first kappa shape index (κ1) is 13.8. The molecule has 0 spiro atoms. The predicted octanol–water partition coefficient (Wildman–Crippen LogP) is 0.933. The van der Waals surface area contributed by atoms with E-state index in [1.54, 1.807) is 8.61 Å². The standard InChI is InChI=1S/C13H25N3O2S/c17-19(18)15(11-12-5-3-4-8-14-12)9-10-16(19)13-6-1-2-7-13/h12-14H,1-11H2. The maximum atomic E-state index is 12.6. The summed E-state index contributed by atoms with van der Waals surface area (Å²) >= 11 is 0. The van der Waals surface area contributed by atoms with Crippen LogP contribution in [0.15, 0.2) is 0 Å². The highest BCUT2D eigenvalue weighted by Crippen LogP contribution is 2.30. The zero-order chi connectivity index (χ0) is 13.3. The van der Waals surface area contributed by atoms with Gasteiger partial charge in [-0.2, -0.15) is 17.0 Å². The molecule has 2 saturated heterocycles. The van der Waals surface area contributed by atoms with Gasteiger partial charge >= 0.3 is 0 Å². The average molecular weight is 287 g/mol. The number of nitrogens with zero attached hydrogens (tertiary/aromatic N) is 2. The maximum Gasteiger partial charge on any atom is 0.282 e. The van der Waals surface area contributed by atoms with Gasteiger partial charge in [-0.15, -0.1) is 0 Å². The SMILES string of the molecule is O=S1(=O)N(CC2CCCCN2)CCN1C1CCCC1. The van der Waals surface area contributed by atoms with Gasteiger partial charge < -0.3 is 5.32 Å². The Morgan fingerprint density at radius 2 is 1.74 bits per heavy atom. The zero-order valence-electron chi connectivity index (χ0n) is 11.6. The molecule has 1 unspecified atom stereocenters. The summed E-state index contributed by atoms with van der Waals surface area (Å²) in [6.07, 6.45) is 8.01. The van der Waals surface area contributed by atoms with Gasteiger partial charge in [0.1, 0.15) is 0 Å². The average Bonchev–Trinajstić information content (AvgIpc) is 3.00. The van der Waals surface area contributed by atoms with E-state index in [1.807, 2.05) is 0 Å². The minimum atomic E-state index is -3.18. The first-order valence-corrected chi connectivity index (χ1v) is 9.08. The van der Waals surface area contributed by atoms with E-state index in [4.69, 9.17) is 0 Å². The highest BCUT2D eigenvalue weighted by atomic mass is 32.2. The molecule has 1 N–H and O–H groups in total. The second-order valence-electron chi connectivity index (χ2n) is 6.06. The minimum Gasteiger partial charge on any atom is -0.313 e. The van der Waals surface area contributed by atoms with Crippen molar-refractivity contribution in [3.63, 3.8) is 0 Å². The largest absolute Gasteiger partial charge is 0.313 e. The molecule has 0 radical (unpaired) electrons. The predicted molar refractivity (Wildman–Crippen MR) is 75.1 cm³/mol. The lowest BCUT2D eigenvalue weighted by Crippen LogP contribution is -2.46. The van der Waals surface area contributed by atoms with Crippen molar-refractivity contribution in [2.24, 2.45) is 0 Å². The van der Waals surface area contributed by atoms with Gasteiger partial charge in [0, 0.05) is 31.7 Å². The summed E-state index contributed by atoms with van der Waals surface area (Å²) in [6, 6.07) is 0.626. The van der Waals surface area contributed by atoms with E-state index in [9.17, 15) is 8.42 Å². The van der Waals surface area contributed by atoms with Crippen LogP contribution in [0.4, 0.5) is 0 Å². The number of nitrogens with one attached hydrogen (secondary N) is 1. The Hall–Kier alpha value is -0.170. The zero-order valence-corrected chi connectivity index (χ0v) is 12.4. The molecule has 5 nitrogen and oxygen atoms in total. The molecule has 2 aliphatic heterocycles. The summed E-state index contributed by atoms with van der Waals surface area (Å²) < 4.78 is 28.6. The smallest absolute Gasteiger partial charge is 0.282 e. The lowest BCUT2D eigenvalue weighted by Gasteiger charge is -2.28. The van der Waals surface area contributed by atoms with Gasteiger partial charge in [0.2, 0.25) is 0 Å². The highest BCUT2D eigenvalue weighted by Gasteiger charge is 2.42. The molecular weight excluding hydrogens is 262 g/mol. The van der Waals surface area contributed by atoms with Gasteiger partial charge in [-0.05, 0) is 32.2 Å². The maximum absolute atomic E-state index is 12.6. The lowest BCUT2D eigenvalue weighted by molar-refractivity contribution is 0.327. The van der Waals surface area contributed by atoms with Crippen LogP contribution in [0.25, 0.3) is 0 Å². The summed E-state index contributed by atoms with van der Waals surface area (Å²) in [5.74, 6) is 0. The Kier molecular flexibility index (Phi) is 4.12. The molecule has 6 heteroatoms. The molecule has 3 rings (SSSR count). The third kappa shape index (κ3) is 2.82. The first-order valence-electron chi connectivity index (χ1n) is 7.68. The van der Waals surface area contributed by atoms with Crippen LogP contribution in [0.5, 0.6) is 0 Å². The molecule has 0 aromatic heterocycles. The Morgan fingerprint density at radius 1 is 1.00 bits per heavy atom. The van der Waals surface area contributed by atoms with Crippen molar-refractivity contribution in [2.75, 3.05) is 26.2 Å². The van der Waals surface area contributed by atoms with Crippen LogP contribution in [0.3, 0.4) is 0 Å². The molecule has 0 aromatic rings. The van der Waals surface area contributed by atoms with Gasteiger partial charge in [0.25, 0.3) is 10.2 Å².